The molecule has 3 aromatic rings. The van der Waals surface area contributed by atoms with Gasteiger partial charge in [0.25, 0.3) is 5.91 Å². The highest BCUT2D eigenvalue weighted by Crippen LogP contribution is 2.23. The molecule has 2 aromatic carbocycles. The van der Waals surface area contributed by atoms with Crippen LogP contribution in [0.4, 0.5) is 11.5 Å². The van der Waals surface area contributed by atoms with Crippen LogP contribution in [0.25, 0.3) is 0 Å². The number of ether oxygens (including phenoxy) is 2. The van der Waals surface area contributed by atoms with Crippen LogP contribution in [0, 0.1) is 0 Å². The number of amides is 1. The monoisotopic (exact) mass is 397 g/mol. The number of hydrogen-bond donors (Lipinski definition) is 2. The van der Waals surface area contributed by atoms with Gasteiger partial charge in [0.1, 0.15) is 17.3 Å². The second kappa shape index (κ2) is 9.10. The lowest BCUT2D eigenvalue weighted by Crippen LogP contribution is -2.12. The first-order chi connectivity index (χ1) is 13.6. The normalized spacial score (nSPS) is 10.2. The fourth-order valence-electron chi connectivity index (χ4n) is 2.54. The predicted octanol–water partition coefficient (Wildman–Crippen LogP) is 4.62. The zero-order chi connectivity index (χ0) is 19.9. The number of benzene rings is 2. The molecule has 0 aliphatic rings. The van der Waals surface area contributed by atoms with Gasteiger partial charge in [0.05, 0.1) is 26.1 Å². The van der Waals surface area contributed by atoms with Gasteiger partial charge in [-0.05, 0) is 35.9 Å². The van der Waals surface area contributed by atoms with E-state index >= 15 is 0 Å². The van der Waals surface area contributed by atoms with Crippen LogP contribution in [0.5, 0.6) is 11.5 Å². The molecule has 0 saturated carbocycles. The number of nitrogens with one attached hydrogen (secondary N) is 2. The summed E-state index contributed by atoms with van der Waals surface area (Å²) in [7, 11) is 3.07. The molecule has 7 heteroatoms. The molecule has 0 radical (unpaired) electrons. The van der Waals surface area contributed by atoms with E-state index in [2.05, 4.69) is 15.6 Å². The largest absolute Gasteiger partial charge is 0.497 e. The summed E-state index contributed by atoms with van der Waals surface area (Å²) in [5.74, 6) is 1.49. The number of aromatic nitrogens is 1. The number of methoxy groups -OCH3 is 2. The van der Waals surface area contributed by atoms with Gasteiger partial charge in [-0.3, -0.25) is 4.79 Å². The first-order valence-corrected chi connectivity index (χ1v) is 8.94. The summed E-state index contributed by atoms with van der Waals surface area (Å²) in [6.07, 6.45) is 1.59. The molecular weight excluding hydrogens is 378 g/mol. The van der Waals surface area contributed by atoms with Crippen LogP contribution < -0.4 is 20.1 Å². The molecule has 6 nitrogen and oxygen atoms in total. The van der Waals surface area contributed by atoms with Gasteiger partial charge in [-0.1, -0.05) is 29.8 Å². The summed E-state index contributed by atoms with van der Waals surface area (Å²) < 4.78 is 10.4. The molecule has 1 amide bonds. The highest BCUT2D eigenvalue weighted by molar-refractivity contribution is 6.31. The zero-order valence-electron chi connectivity index (χ0n) is 15.5. The highest BCUT2D eigenvalue weighted by Gasteiger charge is 2.10. The minimum absolute atomic E-state index is 0.282. The van der Waals surface area contributed by atoms with Crippen LogP contribution in [0.3, 0.4) is 0 Å². The minimum atomic E-state index is -0.282. The van der Waals surface area contributed by atoms with Crippen LogP contribution in [0.2, 0.25) is 5.02 Å². The Morgan fingerprint density at radius 1 is 1.04 bits per heavy atom. The van der Waals surface area contributed by atoms with Crippen LogP contribution in [0.15, 0.2) is 60.8 Å². The van der Waals surface area contributed by atoms with Crippen molar-refractivity contribution in [2.45, 2.75) is 6.54 Å². The summed E-state index contributed by atoms with van der Waals surface area (Å²) in [4.78, 5) is 16.8. The number of nitrogens with zero attached hydrogens (tertiary/aromatic N) is 1. The Kier molecular flexibility index (Phi) is 6.34. The van der Waals surface area contributed by atoms with Crippen molar-refractivity contribution >= 4 is 29.0 Å². The van der Waals surface area contributed by atoms with Crippen LogP contribution in [-0.2, 0) is 6.54 Å². The van der Waals surface area contributed by atoms with Crippen molar-refractivity contribution in [3.05, 3.63) is 76.9 Å². The average molecular weight is 398 g/mol. The molecule has 0 aliphatic heterocycles. The molecule has 0 bridgehead atoms. The third-order valence-electron chi connectivity index (χ3n) is 4.05. The quantitative estimate of drug-likeness (QED) is 0.608. The van der Waals surface area contributed by atoms with Crippen LogP contribution in [-0.4, -0.2) is 25.1 Å². The first-order valence-electron chi connectivity index (χ1n) is 8.57. The lowest BCUT2D eigenvalue weighted by molar-refractivity contribution is 0.102. The fourth-order valence-corrected chi connectivity index (χ4v) is 2.74. The summed E-state index contributed by atoms with van der Waals surface area (Å²) in [6.45, 7) is 0.558. The zero-order valence-corrected chi connectivity index (χ0v) is 16.3. The van der Waals surface area contributed by atoms with E-state index in [4.69, 9.17) is 21.1 Å². The maximum Gasteiger partial charge on any atom is 0.255 e. The molecule has 1 aromatic heterocycles. The summed E-state index contributed by atoms with van der Waals surface area (Å²) >= 11 is 6.15. The molecule has 0 spiro atoms. The smallest absolute Gasteiger partial charge is 0.255 e. The molecule has 3 rings (SSSR count). The number of hydrogen-bond acceptors (Lipinski definition) is 5. The fraction of sp³-hybridized carbons (Fsp3) is 0.143. The van der Waals surface area contributed by atoms with Crippen molar-refractivity contribution in [3.63, 3.8) is 0 Å². The van der Waals surface area contributed by atoms with Gasteiger partial charge in [-0.2, -0.15) is 0 Å². The Labute approximate surface area is 168 Å². The van der Waals surface area contributed by atoms with Gasteiger partial charge < -0.3 is 20.1 Å². The van der Waals surface area contributed by atoms with Crippen molar-refractivity contribution in [1.82, 2.24) is 4.98 Å². The Morgan fingerprint density at radius 2 is 1.75 bits per heavy atom. The lowest BCUT2D eigenvalue weighted by atomic mass is 10.2. The van der Waals surface area contributed by atoms with E-state index in [9.17, 15) is 4.79 Å². The van der Waals surface area contributed by atoms with E-state index in [0.29, 0.717) is 40.1 Å². The Morgan fingerprint density at radius 3 is 2.36 bits per heavy atom. The first kappa shape index (κ1) is 19.5. The third-order valence-corrected chi connectivity index (χ3v) is 4.42. The standard InChI is InChI=1S/C21H20ClN3O3/c1-27-17-9-15(10-18(11-17)28-2)21(26)25-16-7-8-20(24-13-16)23-12-14-5-3-4-6-19(14)22/h3-11,13H,12H2,1-2H3,(H,23,24)(H,25,26). The van der Waals surface area contributed by atoms with Gasteiger partial charge in [-0.15, -0.1) is 0 Å². The second-order valence-corrected chi connectivity index (χ2v) is 6.34. The molecule has 0 atom stereocenters. The van der Waals surface area contributed by atoms with Gasteiger partial charge in [0, 0.05) is 23.2 Å². The number of halogens is 1. The van der Waals surface area contributed by atoms with Crippen LogP contribution >= 0.6 is 11.6 Å². The molecule has 0 saturated heterocycles. The van der Waals surface area contributed by atoms with Gasteiger partial charge in [0.2, 0.25) is 0 Å². The highest BCUT2D eigenvalue weighted by atomic mass is 35.5. The summed E-state index contributed by atoms with van der Waals surface area (Å²) in [5, 5.41) is 6.71. The van der Waals surface area contributed by atoms with E-state index < -0.39 is 0 Å². The van der Waals surface area contributed by atoms with Crippen molar-refractivity contribution in [1.29, 1.82) is 0 Å². The molecule has 1 heterocycles. The van der Waals surface area contributed by atoms with Gasteiger partial charge >= 0.3 is 0 Å². The molecule has 0 unspecified atom stereocenters. The molecular formula is C21H20ClN3O3. The number of anilines is 2. The maximum absolute atomic E-state index is 12.5. The number of pyridine rings is 1. The SMILES string of the molecule is COc1cc(OC)cc(C(=O)Nc2ccc(NCc3ccccc3Cl)nc2)c1. The Hall–Kier alpha value is -3.25. The van der Waals surface area contributed by atoms with E-state index in [1.165, 1.54) is 14.2 Å². The number of carbonyl (C=O) groups is 1. The lowest BCUT2D eigenvalue weighted by Gasteiger charge is -2.10. The van der Waals surface area contributed by atoms with Crippen molar-refractivity contribution < 1.29 is 14.3 Å². The van der Waals surface area contributed by atoms with Gasteiger partial charge in [0.15, 0.2) is 0 Å². The van der Waals surface area contributed by atoms with E-state index in [1.807, 2.05) is 24.3 Å². The Balaban J connectivity index is 1.64. The topological polar surface area (TPSA) is 72.5 Å². The average Bonchev–Trinajstić information content (AvgIpc) is 2.73. The maximum atomic E-state index is 12.5. The second-order valence-electron chi connectivity index (χ2n) is 5.93. The minimum Gasteiger partial charge on any atom is -0.497 e. The molecule has 144 valence electrons. The van der Waals surface area contributed by atoms with Crippen LogP contribution in [0.1, 0.15) is 15.9 Å². The molecule has 2 N–H and O–H groups in total. The third kappa shape index (κ3) is 4.92. The van der Waals surface area contributed by atoms with Crippen molar-refractivity contribution in [2.24, 2.45) is 0 Å². The summed E-state index contributed by atoms with van der Waals surface area (Å²) in [5.41, 5.74) is 1.99. The van der Waals surface area contributed by atoms with E-state index in [-0.39, 0.29) is 5.91 Å². The molecule has 0 aliphatic carbocycles. The van der Waals surface area contributed by atoms with E-state index in [1.54, 1.807) is 36.5 Å². The number of carbonyl (C=O) groups excluding carboxylic acids is 1. The molecule has 0 fully saturated rings. The summed E-state index contributed by atoms with van der Waals surface area (Å²) in [6, 6.07) is 16.2. The molecule has 28 heavy (non-hydrogen) atoms. The predicted molar refractivity (Wildman–Crippen MR) is 111 cm³/mol. The van der Waals surface area contributed by atoms with Crippen molar-refractivity contribution in [2.75, 3.05) is 24.9 Å². The number of rotatable bonds is 7. The van der Waals surface area contributed by atoms with E-state index in [0.717, 1.165) is 5.56 Å². The van der Waals surface area contributed by atoms with Gasteiger partial charge in [-0.25, -0.2) is 4.98 Å². The Bertz CT molecular complexity index is 939. The van der Waals surface area contributed by atoms with Crippen molar-refractivity contribution in [3.8, 4) is 11.5 Å².